The van der Waals surface area contributed by atoms with Crippen molar-refractivity contribution in [2.75, 3.05) is 13.7 Å². The van der Waals surface area contributed by atoms with Crippen molar-refractivity contribution in [2.45, 2.75) is 57.7 Å². The summed E-state index contributed by atoms with van der Waals surface area (Å²) < 4.78 is 5.62. The molecule has 1 unspecified atom stereocenters. The zero-order valence-corrected chi connectivity index (χ0v) is 11.0. The third-order valence-electron chi connectivity index (χ3n) is 3.22. The van der Waals surface area contributed by atoms with Crippen molar-refractivity contribution < 1.29 is 9.53 Å². The number of hydrogen-bond acceptors (Lipinski definition) is 3. The molecule has 0 spiro atoms. The highest BCUT2D eigenvalue weighted by Crippen LogP contribution is 2.24. The lowest BCUT2D eigenvalue weighted by Gasteiger charge is -2.37. The maximum atomic E-state index is 12.0. The summed E-state index contributed by atoms with van der Waals surface area (Å²) in [6, 6.07) is 0.226. The summed E-state index contributed by atoms with van der Waals surface area (Å²) in [5.41, 5.74) is -0.636. The summed E-state index contributed by atoms with van der Waals surface area (Å²) in [4.78, 5) is 12.0. The molecule has 94 valence electrons. The molecule has 0 saturated carbocycles. The van der Waals surface area contributed by atoms with E-state index < -0.39 is 5.54 Å². The van der Waals surface area contributed by atoms with Crippen molar-refractivity contribution in [3.8, 4) is 0 Å². The molecule has 1 rings (SSSR count). The molecule has 0 radical (unpaired) electrons. The molecule has 1 aliphatic heterocycles. The Morgan fingerprint density at radius 1 is 1.44 bits per heavy atom. The molecule has 0 bridgehead atoms. The Morgan fingerprint density at radius 2 is 2.06 bits per heavy atom. The smallest absolute Gasteiger partial charge is 0.239 e. The standard InChI is InChI=1S/C12H24N2O2/c1-11(2)8-9(6-7-16-11)14-10(15)12(3,4)13-5/h9,13H,6-8H2,1-5H3,(H,14,15). The number of ether oxygens (including phenoxy) is 1. The van der Waals surface area contributed by atoms with E-state index in [4.69, 9.17) is 4.74 Å². The van der Waals surface area contributed by atoms with E-state index in [0.717, 1.165) is 19.4 Å². The van der Waals surface area contributed by atoms with Crippen LogP contribution in [0.5, 0.6) is 0 Å². The maximum absolute atomic E-state index is 12.0. The van der Waals surface area contributed by atoms with E-state index in [0.29, 0.717) is 0 Å². The van der Waals surface area contributed by atoms with Gasteiger partial charge >= 0.3 is 0 Å². The minimum atomic E-state index is -0.511. The van der Waals surface area contributed by atoms with E-state index >= 15 is 0 Å². The Kier molecular flexibility index (Phi) is 3.97. The van der Waals surface area contributed by atoms with E-state index in [1.165, 1.54) is 0 Å². The van der Waals surface area contributed by atoms with Crippen LogP contribution in [0.25, 0.3) is 0 Å². The average Bonchev–Trinajstić information content (AvgIpc) is 2.16. The number of rotatable bonds is 3. The van der Waals surface area contributed by atoms with Crippen molar-refractivity contribution in [1.29, 1.82) is 0 Å². The van der Waals surface area contributed by atoms with Crippen LogP contribution in [0, 0.1) is 0 Å². The topological polar surface area (TPSA) is 50.4 Å². The van der Waals surface area contributed by atoms with Gasteiger partial charge in [-0.3, -0.25) is 4.79 Å². The first kappa shape index (κ1) is 13.5. The third kappa shape index (κ3) is 3.46. The molecule has 1 heterocycles. The molecular formula is C12H24N2O2. The lowest BCUT2D eigenvalue weighted by Crippen LogP contribution is -2.55. The van der Waals surface area contributed by atoms with Crippen LogP contribution in [0.4, 0.5) is 0 Å². The van der Waals surface area contributed by atoms with Crippen LogP contribution in [0.15, 0.2) is 0 Å². The van der Waals surface area contributed by atoms with Gasteiger partial charge in [0.1, 0.15) is 0 Å². The molecule has 1 fully saturated rings. The number of likely N-dealkylation sites (N-methyl/N-ethyl adjacent to an activating group) is 1. The molecule has 4 heteroatoms. The zero-order valence-electron chi connectivity index (χ0n) is 11.0. The molecule has 4 nitrogen and oxygen atoms in total. The highest BCUT2D eigenvalue weighted by Gasteiger charge is 2.33. The predicted molar refractivity (Wildman–Crippen MR) is 64.3 cm³/mol. The zero-order chi connectivity index (χ0) is 12.4. The Hall–Kier alpha value is -0.610. The van der Waals surface area contributed by atoms with Crippen LogP contribution < -0.4 is 10.6 Å². The summed E-state index contributed by atoms with van der Waals surface area (Å²) in [7, 11) is 1.80. The van der Waals surface area contributed by atoms with E-state index in [-0.39, 0.29) is 17.6 Å². The molecule has 0 aliphatic carbocycles. The number of amides is 1. The fourth-order valence-corrected chi connectivity index (χ4v) is 1.83. The van der Waals surface area contributed by atoms with Gasteiger partial charge in [-0.1, -0.05) is 0 Å². The predicted octanol–water partition coefficient (Wildman–Crippen LogP) is 1.06. The Bertz CT molecular complexity index is 262. The lowest BCUT2D eigenvalue weighted by atomic mass is 9.93. The van der Waals surface area contributed by atoms with Crippen molar-refractivity contribution >= 4 is 5.91 Å². The van der Waals surface area contributed by atoms with E-state index in [2.05, 4.69) is 24.5 Å². The fourth-order valence-electron chi connectivity index (χ4n) is 1.83. The van der Waals surface area contributed by atoms with Gasteiger partial charge in [-0.25, -0.2) is 0 Å². The lowest BCUT2D eigenvalue weighted by molar-refractivity contribution is -0.129. The van der Waals surface area contributed by atoms with Crippen LogP contribution in [0.3, 0.4) is 0 Å². The third-order valence-corrected chi connectivity index (χ3v) is 3.22. The van der Waals surface area contributed by atoms with Gasteiger partial charge in [0.05, 0.1) is 11.1 Å². The average molecular weight is 228 g/mol. The minimum Gasteiger partial charge on any atom is -0.375 e. The van der Waals surface area contributed by atoms with Crippen LogP contribution in [0.1, 0.15) is 40.5 Å². The summed E-state index contributed by atoms with van der Waals surface area (Å²) in [6.07, 6.45) is 1.77. The summed E-state index contributed by atoms with van der Waals surface area (Å²) in [6.45, 7) is 8.61. The number of carbonyl (C=O) groups is 1. The van der Waals surface area contributed by atoms with Gasteiger partial charge in [-0.2, -0.15) is 0 Å². The van der Waals surface area contributed by atoms with Gasteiger partial charge in [0.2, 0.25) is 5.91 Å². The highest BCUT2D eigenvalue weighted by molar-refractivity contribution is 5.85. The van der Waals surface area contributed by atoms with Gasteiger partial charge in [0.25, 0.3) is 0 Å². The first-order valence-electron chi connectivity index (χ1n) is 5.91. The van der Waals surface area contributed by atoms with Crippen LogP contribution in [0.2, 0.25) is 0 Å². The summed E-state index contributed by atoms with van der Waals surface area (Å²) in [5.74, 6) is 0.0534. The Balaban J connectivity index is 2.52. The van der Waals surface area contributed by atoms with Gasteiger partial charge < -0.3 is 15.4 Å². The van der Waals surface area contributed by atoms with Gasteiger partial charge in [0.15, 0.2) is 0 Å². The number of nitrogens with one attached hydrogen (secondary N) is 2. The molecule has 1 amide bonds. The molecule has 16 heavy (non-hydrogen) atoms. The van der Waals surface area contributed by atoms with Crippen molar-refractivity contribution in [3.05, 3.63) is 0 Å². The van der Waals surface area contributed by atoms with Crippen molar-refractivity contribution in [2.24, 2.45) is 0 Å². The largest absolute Gasteiger partial charge is 0.375 e. The number of carbonyl (C=O) groups excluding carboxylic acids is 1. The van der Waals surface area contributed by atoms with Gasteiger partial charge in [0, 0.05) is 12.6 Å². The first-order valence-corrected chi connectivity index (χ1v) is 5.91. The minimum absolute atomic E-state index is 0.0534. The van der Waals surface area contributed by atoms with Gasteiger partial charge in [-0.15, -0.1) is 0 Å². The maximum Gasteiger partial charge on any atom is 0.239 e. The molecule has 0 aromatic carbocycles. The van der Waals surface area contributed by atoms with Crippen LogP contribution in [-0.4, -0.2) is 36.7 Å². The summed E-state index contributed by atoms with van der Waals surface area (Å²) >= 11 is 0. The van der Waals surface area contributed by atoms with E-state index in [9.17, 15) is 4.79 Å². The molecule has 0 aromatic rings. The second kappa shape index (κ2) is 4.72. The van der Waals surface area contributed by atoms with Crippen molar-refractivity contribution in [3.63, 3.8) is 0 Å². The molecular weight excluding hydrogens is 204 g/mol. The molecule has 1 atom stereocenters. The van der Waals surface area contributed by atoms with E-state index in [1.807, 2.05) is 13.8 Å². The second-order valence-corrected chi connectivity index (χ2v) is 5.65. The highest BCUT2D eigenvalue weighted by atomic mass is 16.5. The Morgan fingerprint density at radius 3 is 2.56 bits per heavy atom. The van der Waals surface area contributed by atoms with Crippen LogP contribution >= 0.6 is 0 Å². The first-order chi connectivity index (χ1) is 7.27. The van der Waals surface area contributed by atoms with Crippen LogP contribution in [-0.2, 0) is 9.53 Å². The normalized spacial score (nSPS) is 25.2. The molecule has 2 N–H and O–H groups in total. The van der Waals surface area contributed by atoms with Crippen molar-refractivity contribution in [1.82, 2.24) is 10.6 Å². The quantitative estimate of drug-likeness (QED) is 0.759. The number of hydrogen-bond donors (Lipinski definition) is 2. The summed E-state index contributed by atoms with van der Waals surface area (Å²) in [5, 5.41) is 6.09. The fraction of sp³-hybridized carbons (Fsp3) is 0.917. The monoisotopic (exact) mass is 228 g/mol. The van der Waals surface area contributed by atoms with E-state index in [1.54, 1.807) is 7.05 Å². The molecule has 1 aliphatic rings. The molecule has 1 saturated heterocycles. The second-order valence-electron chi connectivity index (χ2n) is 5.65. The molecule has 0 aromatic heterocycles. The van der Waals surface area contributed by atoms with Gasteiger partial charge in [-0.05, 0) is 47.6 Å². The SMILES string of the molecule is CNC(C)(C)C(=O)NC1CCOC(C)(C)C1. The Labute approximate surface area is 98.1 Å².